The van der Waals surface area contributed by atoms with Gasteiger partial charge in [0.2, 0.25) is 0 Å². The molecule has 2 heteroatoms. The van der Waals surface area contributed by atoms with E-state index in [9.17, 15) is 0 Å². The molecule has 1 fully saturated rings. The third-order valence-electron chi connectivity index (χ3n) is 4.22. The number of hydrogen-bond acceptors (Lipinski definition) is 2. The Balaban J connectivity index is 1.87. The third-order valence-corrected chi connectivity index (χ3v) is 5.64. The van der Waals surface area contributed by atoms with E-state index in [2.05, 4.69) is 62.2 Å². The molecule has 2 rings (SSSR count). The monoisotopic (exact) mass is 277 g/mol. The zero-order chi connectivity index (χ0) is 13.7. The molecule has 0 aliphatic heterocycles. The predicted octanol–water partition coefficient (Wildman–Crippen LogP) is 4.57. The van der Waals surface area contributed by atoms with E-state index in [0.717, 1.165) is 11.2 Å². The van der Waals surface area contributed by atoms with Gasteiger partial charge in [-0.05, 0) is 38.3 Å². The molecule has 19 heavy (non-hydrogen) atoms. The van der Waals surface area contributed by atoms with E-state index in [1.807, 2.05) is 0 Å². The summed E-state index contributed by atoms with van der Waals surface area (Å²) in [5.41, 5.74) is 2.76. The van der Waals surface area contributed by atoms with Gasteiger partial charge in [-0.2, -0.15) is 11.8 Å². The molecule has 1 saturated carbocycles. The Morgan fingerprint density at radius 3 is 2.63 bits per heavy atom. The number of nitrogens with one attached hydrogen (secondary N) is 1. The zero-order valence-corrected chi connectivity index (χ0v) is 13.3. The Hall–Kier alpha value is -0.470. The molecular weight excluding hydrogens is 250 g/mol. The molecule has 0 saturated heterocycles. The largest absolute Gasteiger partial charge is 0.312 e. The van der Waals surface area contributed by atoms with Gasteiger partial charge in [0.25, 0.3) is 0 Å². The van der Waals surface area contributed by atoms with Gasteiger partial charge in [-0.3, -0.25) is 0 Å². The first-order valence-electron chi connectivity index (χ1n) is 7.54. The van der Waals surface area contributed by atoms with Crippen LogP contribution in [-0.2, 0) is 0 Å². The Morgan fingerprint density at radius 1 is 1.26 bits per heavy atom. The summed E-state index contributed by atoms with van der Waals surface area (Å²) < 4.78 is 0. The quantitative estimate of drug-likeness (QED) is 0.846. The second kappa shape index (κ2) is 7.35. The van der Waals surface area contributed by atoms with Gasteiger partial charge in [-0.1, -0.05) is 49.6 Å². The minimum absolute atomic E-state index is 0.489. The normalized spacial score (nSPS) is 25.2. The second-order valence-electron chi connectivity index (χ2n) is 5.98. The molecule has 0 aromatic heterocycles. The molecule has 3 atom stereocenters. The van der Waals surface area contributed by atoms with Crippen LogP contribution in [0.15, 0.2) is 24.3 Å². The lowest BCUT2D eigenvalue weighted by Crippen LogP contribution is -2.22. The van der Waals surface area contributed by atoms with Crippen LogP contribution < -0.4 is 5.32 Å². The van der Waals surface area contributed by atoms with Gasteiger partial charge in [0.05, 0.1) is 0 Å². The number of hydrogen-bond donors (Lipinski definition) is 1. The molecular formula is C17H27NS. The van der Waals surface area contributed by atoms with Gasteiger partial charge in [0.15, 0.2) is 0 Å². The van der Waals surface area contributed by atoms with Crippen molar-refractivity contribution in [1.29, 1.82) is 0 Å². The first kappa shape index (κ1) is 14.9. The lowest BCUT2D eigenvalue weighted by molar-refractivity contribution is 0.394. The standard InChI is InChI=1S/C17H27NS/c1-13-7-9-15(10-8-13)17(18-3)12-19-16-6-4-5-14(2)11-16/h7-10,14,16-18H,4-6,11-12H2,1-3H3. The lowest BCUT2D eigenvalue weighted by atomic mass is 9.91. The Labute approximate surface area is 122 Å². The summed E-state index contributed by atoms with van der Waals surface area (Å²) in [6.07, 6.45) is 5.69. The highest BCUT2D eigenvalue weighted by atomic mass is 32.2. The van der Waals surface area contributed by atoms with Gasteiger partial charge in [-0.25, -0.2) is 0 Å². The fraction of sp³-hybridized carbons (Fsp3) is 0.647. The molecule has 1 aromatic rings. The summed E-state index contributed by atoms with van der Waals surface area (Å²) in [5.74, 6) is 2.12. The van der Waals surface area contributed by atoms with E-state index < -0.39 is 0 Å². The molecule has 1 N–H and O–H groups in total. The number of rotatable bonds is 5. The molecule has 0 spiro atoms. The minimum Gasteiger partial charge on any atom is -0.312 e. The van der Waals surface area contributed by atoms with Crippen LogP contribution in [0.1, 0.15) is 49.8 Å². The van der Waals surface area contributed by atoms with E-state index in [1.54, 1.807) is 0 Å². The van der Waals surface area contributed by atoms with E-state index >= 15 is 0 Å². The summed E-state index contributed by atoms with van der Waals surface area (Å²) in [6, 6.07) is 9.45. The second-order valence-corrected chi connectivity index (χ2v) is 7.31. The van der Waals surface area contributed by atoms with Crippen LogP contribution in [-0.4, -0.2) is 18.1 Å². The number of thioether (sulfide) groups is 1. The highest BCUT2D eigenvalue weighted by molar-refractivity contribution is 7.99. The molecule has 0 bridgehead atoms. The first-order chi connectivity index (χ1) is 9.19. The SMILES string of the molecule is CNC(CSC1CCCC(C)C1)c1ccc(C)cc1. The Kier molecular flexibility index (Phi) is 5.77. The van der Waals surface area contributed by atoms with Crippen molar-refractivity contribution in [2.75, 3.05) is 12.8 Å². The molecule has 1 aliphatic rings. The average Bonchev–Trinajstić information content (AvgIpc) is 2.41. The molecule has 1 nitrogen and oxygen atoms in total. The Bertz CT molecular complexity index is 373. The molecule has 1 aromatic carbocycles. The maximum absolute atomic E-state index is 3.47. The predicted molar refractivity (Wildman–Crippen MR) is 86.9 cm³/mol. The van der Waals surface area contributed by atoms with E-state index in [-0.39, 0.29) is 0 Å². The summed E-state index contributed by atoms with van der Waals surface area (Å²) >= 11 is 2.17. The lowest BCUT2D eigenvalue weighted by Gasteiger charge is -2.27. The van der Waals surface area contributed by atoms with Crippen LogP contribution in [0.2, 0.25) is 0 Å². The van der Waals surface area contributed by atoms with Gasteiger partial charge < -0.3 is 5.32 Å². The topological polar surface area (TPSA) is 12.0 Å². The molecule has 3 unspecified atom stereocenters. The Morgan fingerprint density at radius 2 is 2.00 bits per heavy atom. The van der Waals surface area contributed by atoms with Gasteiger partial charge in [0.1, 0.15) is 0 Å². The van der Waals surface area contributed by atoms with Crippen LogP contribution in [0.4, 0.5) is 0 Å². The highest BCUT2D eigenvalue weighted by Gasteiger charge is 2.20. The van der Waals surface area contributed by atoms with Crippen molar-refractivity contribution in [2.45, 2.75) is 50.8 Å². The van der Waals surface area contributed by atoms with E-state index in [0.29, 0.717) is 6.04 Å². The maximum atomic E-state index is 3.47. The minimum atomic E-state index is 0.489. The van der Waals surface area contributed by atoms with Crippen molar-refractivity contribution < 1.29 is 0 Å². The number of benzene rings is 1. The summed E-state index contributed by atoms with van der Waals surface area (Å²) in [5, 5.41) is 4.35. The molecule has 1 aliphatic carbocycles. The van der Waals surface area contributed by atoms with Crippen molar-refractivity contribution in [3.63, 3.8) is 0 Å². The smallest absolute Gasteiger partial charge is 0.0409 e. The first-order valence-corrected chi connectivity index (χ1v) is 8.59. The van der Waals surface area contributed by atoms with Crippen LogP contribution in [0.3, 0.4) is 0 Å². The molecule has 0 radical (unpaired) electrons. The van der Waals surface area contributed by atoms with Crippen molar-refractivity contribution in [2.24, 2.45) is 5.92 Å². The van der Waals surface area contributed by atoms with Crippen molar-refractivity contribution >= 4 is 11.8 Å². The average molecular weight is 277 g/mol. The fourth-order valence-corrected chi connectivity index (χ4v) is 4.53. The van der Waals surface area contributed by atoms with Crippen molar-refractivity contribution in [1.82, 2.24) is 5.32 Å². The fourth-order valence-electron chi connectivity index (χ4n) is 2.91. The third kappa shape index (κ3) is 4.54. The van der Waals surface area contributed by atoms with Crippen molar-refractivity contribution in [3.05, 3.63) is 35.4 Å². The zero-order valence-electron chi connectivity index (χ0n) is 12.5. The van der Waals surface area contributed by atoms with Crippen LogP contribution in [0.25, 0.3) is 0 Å². The summed E-state index contributed by atoms with van der Waals surface area (Å²) in [6.45, 7) is 4.55. The molecule has 106 valence electrons. The van der Waals surface area contributed by atoms with Crippen LogP contribution in [0.5, 0.6) is 0 Å². The molecule has 0 heterocycles. The molecule has 0 amide bonds. The van der Waals surface area contributed by atoms with Crippen molar-refractivity contribution in [3.8, 4) is 0 Å². The van der Waals surface area contributed by atoms with Gasteiger partial charge in [0, 0.05) is 17.0 Å². The van der Waals surface area contributed by atoms with E-state index in [4.69, 9.17) is 0 Å². The van der Waals surface area contributed by atoms with Gasteiger partial charge in [-0.15, -0.1) is 0 Å². The summed E-state index contributed by atoms with van der Waals surface area (Å²) in [4.78, 5) is 0. The van der Waals surface area contributed by atoms with Crippen LogP contribution >= 0.6 is 11.8 Å². The number of aryl methyl sites for hydroxylation is 1. The highest BCUT2D eigenvalue weighted by Crippen LogP contribution is 2.33. The van der Waals surface area contributed by atoms with Gasteiger partial charge >= 0.3 is 0 Å². The maximum Gasteiger partial charge on any atom is 0.0409 e. The summed E-state index contributed by atoms with van der Waals surface area (Å²) in [7, 11) is 2.08. The van der Waals surface area contributed by atoms with Crippen LogP contribution in [0, 0.1) is 12.8 Å². The van der Waals surface area contributed by atoms with E-state index in [1.165, 1.54) is 42.6 Å².